The summed E-state index contributed by atoms with van der Waals surface area (Å²) in [5, 5.41) is 0. The fourth-order valence-corrected chi connectivity index (χ4v) is 1.53. The predicted molar refractivity (Wildman–Crippen MR) is 72.9 cm³/mol. The van der Waals surface area contributed by atoms with E-state index in [1.165, 1.54) is 0 Å². The molecule has 0 fully saturated rings. The molecule has 2 N–H and O–H groups in total. The number of carbonyl (C=O) groups excluding carboxylic acids is 1. The second-order valence-electron chi connectivity index (χ2n) is 4.24. The normalized spacial score (nSPS) is 9.33. The molecule has 0 saturated heterocycles. The van der Waals surface area contributed by atoms with Gasteiger partial charge in [-0.2, -0.15) is 0 Å². The Morgan fingerprint density at radius 2 is 1.83 bits per heavy atom. The van der Waals surface area contributed by atoms with Gasteiger partial charge in [0.1, 0.15) is 0 Å². The Morgan fingerprint density at radius 1 is 1.22 bits per heavy atom. The van der Waals surface area contributed by atoms with E-state index in [1.54, 1.807) is 30.9 Å². The Kier molecular flexibility index (Phi) is 5.22. The Labute approximate surface area is 108 Å². The van der Waals surface area contributed by atoms with Crippen LogP contribution in [0.3, 0.4) is 0 Å². The molecule has 0 radical (unpaired) electrons. The highest BCUT2D eigenvalue weighted by Crippen LogP contribution is 2.07. The van der Waals surface area contributed by atoms with Crippen molar-refractivity contribution in [3.63, 3.8) is 0 Å². The van der Waals surface area contributed by atoms with Crippen molar-refractivity contribution in [2.45, 2.75) is 6.54 Å². The molecule has 2 amide bonds. The first-order valence-corrected chi connectivity index (χ1v) is 5.75. The van der Waals surface area contributed by atoms with Crippen LogP contribution in [0, 0.1) is 11.8 Å². The number of benzene rings is 1. The lowest BCUT2D eigenvalue weighted by molar-refractivity contribution is 0.180. The zero-order valence-corrected chi connectivity index (χ0v) is 11.1. The van der Waals surface area contributed by atoms with Crippen molar-refractivity contribution in [3.8, 4) is 11.8 Å². The topological polar surface area (TPSA) is 49.6 Å². The first-order valence-electron chi connectivity index (χ1n) is 5.75. The minimum Gasteiger partial charge on any atom is -0.331 e. The van der Waals surface area contributed by atoms with E-state index in [2.05, 4.69) is 11.8 Å². The molecule has 0 bridgehead atoms. The molecule has 1 rings (SSSR count). The third-order valence-electron chi connectivity index (χ3n) is 2.42. The number of nitrogens with zero attached hydrogens (tertiary/aromatic N) is 2. The average molecular weight is 245 g/mol. The fourth-order valence-electron chi connectivity index (χ4n) is 1.53. The van der Waals surface area contributed by atoms with Crippen molar-refractivity contribution in [1.82, 2.24) is 9.80 Å². The van der Waals surface area contributed by atoms with Gasteiger partial charge in [0.15, 0.2) is 0 Å². The lowest BCUT2D eigenvalue weighted by atomic mass is 10.1. The molecule has 0 heterocycles. The largest absolute Gasteiger partial charge is 0.331 e. The molecule has 0 aliphatic heterocycles. The fraction of sp³-hybridized carbons (Fsp3) is 0.357. The lowest BCUT2D eigenvalue weighted by Gasteiger charge is -2.21. The van der Waals surface area contributed by atoms with Crippen LogP contribution in [-0.4, -0.2) is 43.5 Å². The van der Waals surface area contributed by atoms with Crippen LogP contribution in [0.1, 0.15) is 11.1 Å². The summed E-state index contributed by atoms with van der Waals surface area (Å²) in [7, 11) is 5.26. The second kappa shape index (κ2) is 6.67. The van der Waals surface area contributed by atoms with Gasteiger partial charge in [0, 0.05) is 33.3 Å². The van der Waals surface area contributed by atoms with Crippen molar-refractivity contribution in [2.24, 2.45) is 5.73 Å². The van der Waals surface area contributed by atoms with E-state index in [0.717, 1.165) is 11.1 Å². The summed E-state index contributed by atoms with van der Waals surface area (Å²) in [6.07, 6.45) is 0. The molecule has 96 valence electrons. The van der Waals surface area contributed by atoms with E-state index in [4.69, 9.17) is 5.73 Å². The van der Waals surface area contributed by atoms with Gasteiger partial charge >= 0.3 is 6.03 Å². The first kappa shape index (κ1) is 14.1. The third-order valence-corrected chi connectivity index (χ3v) is 2.42. The van der Waals surface area contributed by atoms with Crippen molar-refractivity contribution >= 4 is 6.03 Å². The van der Waals surface area contributed by atoms with E-state index in [0.29, 0.717) is 13.1 Å². The van der Waals surface area contributed by atoms with Gasteiger partial charge < -0.3 is 15.5 Å². The van der Waals surface area contributed by atoms with Crippen molar-refractivity contribution in [2.75, 3.05) is 27.7 Å². The molecular formula is C14H19N3O. The molecule has 0 unspecified atom stereocenters. The molecule has 0 aliphatic carbocycles. The molecular weight excluding hydrogens is 226 g/mol. The number of urea groups is 1. The van der Waals surface area contributed by atoms with Crippen LogP contribution < -0.4 is 5.73 Å². The Balaban J connectivity index is 2.66. The van der Waals surface area contributed by atoms with Gasteiger partial charge in [-0.3, -0.25) is 0 Å². The van der Waals surface area contributed by atoms with Gasteiger partial charge in [-0.1, -0.05) is 24.0 Å². The zero-order chi connectivity index (χ0) is 13.5. The van der Waals surface area contributed by atoms with Crippen LogP contribution in [0.5, 0.6) is 0 Å². The minimum absolute atomic E-state index is 0.0120. The lowest BCUT2D eigenvalue weighted by Crippen LogP contribution is -2.35. The van der Waals surface area contributed by atoms with Crippen LogP contribution in [0.2, 0.25) is 0 Å². The number of hydrogen-bond acceptors (Lipinski definition) is 2. The smallest absolute Gasteiger partial charge is 0.319 e. The number of rotatable bonds is 2. The SMILES string of the molecule is CN(C)C(=O)N(C)Cc1ccc(C#CCN)cc1. The van der Waals surface area contributed by atoms with Gasteiger partial charge in [0.25, 0.3) is 0 Å². The molecule has 18 heavy (non-hydrogen) atoms. The maximum atomic E-state index is 11.7. The summed E-state index contributed by atoms with van der Waals surface area (Å²) in [5.74, 6) is 5.77. The molecule has 4 nitrogen and oxygen atoms in total. The van der Waals surface area contributed by atoms with Gasteiger partial charge in [-0.05, 0) is 17.7 Å². The molecule has 0 saturated carbocycles. The summed E-state index contributed by atoms with van der Waals surface area (Å²) >= 11 is 0. The standard InChI is InChI=1S/C14H19N3O/c1-16(2)14(18)17(3)11-13-8-6-12(7-9-13)5-4-10-15/h6-9H,10-11,15H2,1-3H3. The molecule has 4 heteroatoms. The highest BCUT2D eigenvalue weighted by atomic mass is 16.2. The first-order chi connectivity index (χ1) is 8.54. The predicted octanol–water partition coefficient (Wildman–Crippen LogP) is 1.11. The zero-order valence-electron chi connectivity index (χ0n) is 11.1. The van der Waals surface area contributed by atoms with Gasteiger partial charge in [0.05, 0.1) is 6.54 Å². The molecule has 1 aromatic carbocycles. The van der Waals surface area contributed by atoms with Gasteiger partial charge in [0.2, 0.25) is 0 Å². The second-order valence-corrected chi connectivity index (χ2v) is 4.24. The summed E-state index contributed by atoms with van der Waals surface area (Å²) in [5.41, 5.74) is 7.32. The number of hydrogen-bond donors (Lipinski definition) is 1. The summed E-state index contributed by atoms with van der Waals surface area (Å²) < 4.78 is 0. The number of amides is 2. The van der Waals surface area contributed by atoms with Crippen LogP contribution in [-0.2, 0) is 6.54 Å². The molecule has 0 spiro atoms. The third kappa shape index (κ3) is 4.11. The van der Waals surface area contributed by atoms with Crippen LogP contribution >= 0.6 is 0 Å². The van der Waals surface area contributed by atoms with E-state index in [-0.39, 0.29) is 6.03 Å². The van der Waals surface area contributed by atoms with E-state index in [1.807, 2.05) is 24.3 Å². The van der Waals surface area contributed by atoms with Crippen molar-refractivity contribution in [3.05, 3.63) is 35.4 Å². The summed E-state index contributed by atoms with van der Waals surface area (Å²) in [6.45, 7) is 0.948. The van der Waals surface area contributed by atoms with Gasteiger partial charge in [-0.15, -0.1) is 0 Å². The Bertz CT molecular complexity index is 454. The molecule has 0 aromatic heterocycles. The van der Waals surface area contributed by atoms with E-state index in [9.17, 15) is 4.79 Å². The van der Waals surface area contributed by atoms with Crippen LogP contribution in [0.25, 0.3) is 0 Å². The van der Waals surface area contributed by atoms with Crippen molar-refractivity contribution in [1.29, 1.82) is 0 Å². The molecule has 0 atom stereocenters. The van der Waals surface area contributed by atoms with E-state index < -0.39 is 0 Å². The maximum absolute atomic E-state index is 11.7. The Hall–Kier alpha value is -1.99. The van der Waals surface area contributed by atoms with Crippen molar-refractivity contribution < 1.29 is 4.79 Å². The van der Waals surface area contributed by atoms with E-state index >= 15 is 0 Å². The molecule has 1 aromatic rings. The number of nitrogens with two attached hydrogens (primary N) is 1. The number of carbonyl (C=O) groups is 1. The summed E-state index contributed by atoms with van der Waals surface area (Å²) in [6, 6.07) is 7.81. The average Bonchev–Trinajstić information content (AvgIpc) is 2.36. The highest BCUT2D eigenvalue weighted by Gasteiger charge is 2.10. The van der Waals surface area contributed by atoms with Crippen LogP contribution in [0.15, 0.2) is 24.3 Å². The maximum Gasteiger partial charge on any atom is 0.319 e. The van der Waals surface area contributed by atoms with Gasteiger partial charge in [-0.25, -0.2) is 4.79 Å². The summed E-state index contributed by atoms with van der Waals surface area (Å²) in [4.78, 5) is 14.9. The monoisotopic (exact) mass is 245 g/mol. The minimum atomic E-state index is -0.0120. The van der Waals surface area contributed by atoms with Crippen LogP contribution in [0.4, 0.5) is 4.79 Å². The highest BCUT2D eigenvalue weighted by molar-refractivity contribution is 5.73. The molecule has 0 aliphatic rings. The quantitative estimate of drug-likeness (QED) is 0.794. The Morgan fingerprint density at radius 3 is 2.33 bits per heavy atom.